The number of carbonyl (C=O) groups is 1. The van der Waals surface area contributed by atoms with Gasteiger partial charge in [-0.15, -0.1) is 0 Å². The lowest BCUT2D eigenvalue weighted by Gasteiger charge is -2.33. The summed E-state index contributed by atoms with van der Waals surface area (Å²) >= 11 is 0. The number of benzene rings is 1. The summed E-state index contributed by atoms with van der Waals surface area (Å²) in [5, 5.41) is 6.90. The summed E-state index contributed by atoms with van der Waals surface area (Å²) in [4.78, 5) is 20.8. The van der Waals surface area contributed by atoms with Gasteiger partial charge in [0.2, 0.25) is 0 Å². The van der Waals surface area contributed by atoms with Crippen LogP contribution in [-0.2, 0) is 11.3 Å². The third kappa shape index (κ3) is 7.36. The SMILES string of the molecule is CCNC(=NCC1CCN(Cc2ccccc2F)CC1)NC1CCN(C(=O)OCC)CC1. The molecule has 1 aromatic carbocycles. The number of likely N-dealkylation sites (tertiary alicyclic amines) is 2. The number of halogens is 1. The number of amides is 1. The van der Waals surface area contributed by atoms with E-state index < -0.39 is 0 Å². The van der Waals surface area contributed by atoms with Crippen molar-refractivity contribution in [2.24, 2.45) is 10.9 Å². The second-order valence-corrected chi connectivity index (χ2v) is 8.64. The Hall–Kier alpha value is -2.35. The van der Waals surface area contributed by atoms with Crippen LogP contribution in [0.25, 0.3) is 0 Å². The van der Waals surface area contributed by atoms with Gasteiger partial charge in [0, 0.05) is 44.3 Å². The van der Waals surface area contributed by atoms with Gasteiger partial charge in [0.15, 0.2) is 5.96 Å². The van der Waals surface area contributed by atoms with Gasteiger partial charge in [-0.25, -0.2) is 9.18 Å². The highest BCUT2D eigenvalue weighted by atomic mass is 19.1. The molecule has 0 unspecified atom stereocenters. The molecule has 0 saturated carbocycles. The summed E-state index contributed by atoms with van der Waals surface area (Å²) in [7, 11) is 0. The minimum atomic E-state index is -0.215. The van der Waals surface area contributed by atoms with E-state index in [2.05, 4.69) is 22.5 Å². The first-order valence-electron chi connectivity index (χ1n) is 12.0. The summed E-state index contributed by atoms with van der Waals surface area (Å²) in [6, 6.07) is 7.35. The average molecular weight is 448 g/mol. The molecule has 2 saturated heterocycles. The van der Waals surface area contributed by atoms with E-state index in [1.165, 1.54) is 6.07 Å². The summed E-state index contributed by atoms with van der Waals surface area (Å²) < 4.78 is 19.0. The topological polar surface area (TPSA) is 69.2 Å². The van der Waals surface area contributed by atoms with E-state index >= 15 is 0 Å². The zero-order valence-electron chi connectivity index (χ0n) is 19.5. The number of piperidine rings is 2. The van der Waals surface area contributed by atoms with Crippen molar-refractivity contribution in [3.63, 3.8) is 0 Å². The van der Waals surface area contributed by atoms with Gasteiger partial charge in [0.1, 0.15) is 5.82 Å². The van der Waals surface area contributed by atoms with Crippen LogP contribution < -0.4 is 10.6 Å². The number of hydrogen-bond donors (Lipinski definition) is 2. The first kappa shape index (κ1) is 24.3. The van der Waals surface area contributed by atoms with E-state index in [4.69, 9.17) is 9.73 Å². The Morgan fingerprint density at radius 1 is 1.12 bits per heavy atom. The number of rotatable bonds is 7. The molecule has 32 heavy (non-hydrogen) atoms. The first-order chi connectivity index (χ1) is 15.6. The smallest absolute Gasteiger partial charge is 0.409 e. The largest absolute Gasteiger partial charge is 0.450 e. The highest BCUT2D eigenvalue weighted by Gasteiger charge is 2.24. The van der Waals surface area contributed by atoms with E-state index in [1.807, 2.05) is 19.1 Å². The molecule has 2 N–H and O–H groups in total. The Morgan fingerprint density at radius 3 is 2.50 bits per heavy atom. The van der Waals surface area contributed by atoms with Gasteiger partial charge >= 0.3 is 6.09 Å². The van der Waals surface area contributed by atoms with E-state index in [-0.39, 0.29) is 11.9 Å². The predicted octanol–water partition coefficient (Wildman–Crippen LogP) is 3.21. The molecular formula is C24H38FN5O2. The van der Waals surface area contributed by atoms with Crippen molar-refractivity contribution in [2.75, 3.05) is 45.9 Å². The van der Waals surface area contributed by atoms with E-state index in [0.29, 0.717) is 38.2 Å². The lowest BCUT2D eigenvalue weighted by atomic mass is 9.96. The first-order valence-corrected chi connectivity index (χ1v) is 12.0. The van der Waals surface area contributed by atoms with Gasteiger partial charge < -0.3 is 20.3 Å². The molecule has 7 nitrogen and oxygen atoms in total. The van der Waals surface area contributed by atoms with Crippen LogP contribution in [0, 0.1) is 11.7 Å². The standard InChI is InChI=1S/C24H38FN5O2/c1-3-26-23(28-21-11-15-30(16-12-21)24(31)32-4-2)27-17-19-9-13-29(14-10-19)18-20-7-5-6-8-22(20)25/h5-8,19,21H,3-4,9-18H2,1-2H3,(H2,26,27,28). The lowest BCUT2D eigenvalue weighted by molar-refractivity contribution is 0.0963. The number of carbonyl (C=O) groups excluding carboxylic acids is 1. The molecule has 2 heterocycles. The van der Waals surface area contributed by atoms with Gasteiger partial charge in [-0.2, -0.15) is 0 Å². The monoisotopic (exact) mass is 447 g/mol. The van der Waals surface area contributed by atoms with Crippen molar-refractivity contribution in [1.82, 2.24) is 20.4 Å². The van der Waals surface area contributed by atoms with Crippen molar-refractivity contribution in [2.45, 2.75) is 52.1 Å². The highest BCUT2D eigenvalue weighted by molar-refractivity contribution is 5.80. The Morgan fingerprint density at radius 2 is 1.84 bits per heavy atom. The summed E-state index contributed by atoms with van der Waals surface area (Å²) in [6.45, 7) is 9.97. The van der Waals surface area contributed by atoms with Crippen LogP contribution in [0.3, 0.4) is 0 Å². The molecule has 0 spiro atoms. The molecule has 2 fully saturated rings. The summed E-state index contributed by atoms with van der Waals surface area (Å²) in [5.41, 5.74) is 0.775. The zero-order valence-corrected chi connectivity index (χ0v) is 19.5. The van der Waals surface area contributed by atoms with E-state index in [1.54, 1.807) is 11.0 Å². The van der Waals surface area contributed by atoms with Crippen molar-refractivity contribution in [3.8, 4) is 0 Å². The molecular weight excluding hydrogens is 409 g/mol. The molecule has 0 aromatic heterocycles. The van der Waals surface area contributed by atoms with Crippen LogP contribution in [0.2, 0.25) is 0 Å². The normalized spacial score (nSPS) is 19.1. The maximum absolute atomic E-state index is 13.9. The summed E-state index contributed by atoms with van der Waals surface area (Å²) in [5.74, 6) is 1.29. The Labute approximate surface area is 191 Å². The van der Waals surface area contributed by atoms with Gasteiger partial charge in [0.05, 0.1) is 6.61 Å². The molecule has 2 aliphatic heterocycles. The molecule has 2 aliphatic rings. The number of hydrogen-bond acceptors (Lipinski definition) is 4. The average Bonchev–Trinajstić information content (AvgIpc) is 2.81. The van der Waals surface area contributed by atoms with E-state index in [9.17, 15) is 9.18 Å². The zero-order chi connectivity index (χ0) is 22.8. The number of ether oxygens (including phenoxy) is 1. The molecule has 8 heteroatoms. The number of aliphatic imine (C=N–C) groups is 1. The van der Waals surface area contributed by atoms with Crippen molar-refractivity contribution in [1.29, 1.82) is 0 Å². The minimum Gasteiger partial charge on any atom is -0.450 e. The van der Waals surface area contributed by atoms with Crippen molar-refractivity contribution >= 4 is 12.1 Å². The fourth-order valence-electron chi connectivity index (χ4n) is 4.35. The molecule has 0 radical (unpaired) electrons. The Balaban J connectivity index is 1.42. The van der Waals surface area contributed by atoms with Gasteiger partial charge in [0.25, 0.3) is 0 Å². The maximum atomic E-state index is 13.9. The second-order valence-electron chi connectivity index (χ2n) is 8.64. The third-order valence-corrected chi connectivity index (χ3v) is 6.27. The predicted molar refractivity (Wildman–Crippen MR) is 125 cm³/mol. The van der Waals surface area contributed by atoms with Crippen molar-refractivity contribution in [3.05, 3.63) is 35.6 Å². The minimum absolute atomic E-state index is 0.117. The fourth-order valence-corrected chi connectivity index (χ4v) is 4.35. The third-order valence-electron chi connectivity index (χ3n) is 6.27. The number of nitrogens with one attached hydrogen (secondary N) is 2. The van der Waals surface area contributed by atoms with Gasteiger partial charge in [-0.3, -0.25) is 9.89 Å². The Kier molecular flexibility index (Phi) is 9.59. The molecule has 0 aliphatic carbocycles. The quantitative estimate of drug-likeness (QED) is 0.496. The maximum Gasteiger partial charge on any atom is 0.409 e. The molecule has 178 valence electrons. The van der Waals surface area contributed by atoms with Crippen LogP contribution in [0.4, 0.5) is 9.18 Å². The lowest BCUT2D eigenvalue weighted by Crippen LogP contribution is -2.50. The summed E-state index contributed by atoms with van der Waals surface area (Å²) in [6.07, 6.45) is 3.72. The molecule has 1 aromatic rings. The van der Waals surface area contributed by atoms with E-state index in [0.717, 1.165) is 63.4 Å². The molecule has 3 rings (SSSR count). The fraction of sp³-hybridized carbons (Fsp3) is 0.667. The second kappa shape index (κ2) is 12.6. The van der Waals surface area contributed by atoms with Gasteiger partial charge in [-0.1, -0.05) is 18.2 Å². The Bertz CT molecular complexity index is 744. The van der Waals surface area contributed by atoms with Crippen LogP contribution in [0.5, 0.6) is 0 Å². The number of guanidine groups is 1. The van der Waals surface area contributed by atoms with Crippen LogP contribution >= 0.6 is 0 Å². The molecule has 1 amide bonds. The molecule has 0 bridgehead atoms. The highest BCUT2D eigenvalue weighted by Crippen LogP contribution is 2.20. The number of nitrogens with zero attached hydrogens (tertiary/aromatic N) is 3. The van der Waals surface area contributed by atoms with Crippen LogP contribution in [-0.4, -0.2) is 73.8 Å². The van der Waals surface area contributed by atoms with Crippen LogP contribution in [0.1, 0.15) is 45.1 Å². The van der Waals surface area contributed by atoms with Crippen molar-refractivity contribution < 1.29 is 13.9 Å². The molecule has 0 atom stereocenters. The van der Waals surface area contributed by atoms with Gasteiger partial charge in [-0.05, 0) is 64.6 Å². The van der Waals surface area contributed by atoms with Crippen LogP contribution in [0.15, 0.2) is 29.3 Å².